The van der Waals surface area contributed by atoms with E-state index in [1.165, 1.54) is 0 Å². The fraction of sp³-hybridized carbons (Fsp3) is 0.0435. The monoisotopic (exact) mass is 353 g/mol. The van der Waals surface area contributed by atoms with Crippen LogP contribution in [-0.4, -0.2) is 16.1 Å². The average Bonchev–Trinajstić information content (AvgIpc) is 3.31. The lowest BCUT2D eigenvalue weighted by Crippen LogP contribution is -2.03. The topological polar surface area (TPSA) is 63.3 Å². The summed E-state index contributed by atoms with van der Waals surface area (Å²) in [4.78, 5) is 15.8. The molecule has 27 heavy (non-hydrogen) atoms. The first kappa shape index (κ1) is 15.6. The van der Waals surface area contributed by atoms with Gasteiger partial charge in [0.25, 0.3) is 0 Å². The van der Waals surface area contributed by atoms with E-state index in [9.17, 15) is 9.90 Å². The summed E-state index contributed by atoms with van der Waals surface area (Å²) in [7, 11) is 0. The van der Waals surface area contributed by atoms with Crippen LogP contribution in [0.4, 0.5) is 0 Å². The molecule has 5 rings (SSSR count). The molecule has 1 aliphatic rings. The van der Waals surface area contributed by atoms with Crippen molar-refractivity contribution in [2.24, 2.45) is 0 Å². The number of pyridine rings is 1. The zero-order valence-corrected chi connectivity index (χ0v) is 14.3. The van der Waals surface area contributed by atoms with E-state index in [0.717, 1.165) is 44.5 Å². The zero-order valence-electron chi connectivity index (χ0n) is 14.3. The molecule has 2 aromatic heterocycles. The minimum absolute atomic E-state index is 0.309. The average molecular weight is 353 g/mol. The highest BCUT2D eigenvalue weighted by molar-refractivity contribution is 6.04. The van der Waals surface area contributed by atoms with Gasteiger partial charge in [-0.25, -0.2) is 4.79 Å². The summed E-state index contributed by atoms with van der Waals surface area (Å²) >= 11 is 0. The Hall–Kier alpha value is -3.66. The first-order valence-electron chi connectivity index (χ1n) is 8.70. The number of nitrogens with zero attached hydrogens (tertiary/aromatic N) is 1. The Balaban J connectivity index is 1.62. The largest absolute Gasteiger partial charge is 0.478 e. The Kier molecular flexibility index (Phi) is 3.44. The highest BCUT2D eigenvalue weighted by Crippen LogP contribution is 2.39. The smallest absolute Gasteiger partial charge is 0.336 e. The molecule has 0 atom stereocenters. The van der Waals surface area contributed by atoms with Crippen molar-refractivity contribution in [2.75, 3.05) is 0 Å². The summed E-state index contributed by atoms with van der Waals surface area (Å²) in [6, 6.07) is 17.8. The van der Waals surface area contributed by atoms with E-state index >= 15 is 0 Å². The summed E-state index contributed by atoms with van der Waals surface area (Å²) in [5.74, 6) is -0.924. The highest BCUT2D eigenvalue weighted by atomic mass is 16.4. The molecular weight excluding hydrogens is 338 g/mol. The maximum absolute atomic E-state index is 11.5. The van der Waals surface area contributed by atoms with Crippen molar-refractivity contribution in [2.45, 2.75) is 6.42 Å². The number of aromatic nitrogens is 1. The normalized spacial score (nSPS) is 12.8. The third kappa shape index (κ3) is 2.46. The Morgan fingerprint density at radius 2 is 1.85 bits per heavy atom. The zero-order chi connectivity index (χ0) is 18.4. The summed E-state index contributed by atoms with van der Waals surface area (Å²) in [6.07, 6.45) is 5.80. The molecule has 1 aliphatic carbocycles. The molecule has 0 aliphatic heterocycles. The first-order valence-corrected chi connectivity index (χ1v) is 8.70. The minimum atomic E-state index is -0.924. The van der Waals surface area contributed by atoms with Crippen LogP contribution in [0, 0.1) is 0 Å². The van der Waals surface area contributed by atoms with Crippen molar-refractivity contribution in [3.05, 3.63) is 89.4 Å². The van der Waals surface area contributed by atoms with Gasteiger partial charge in [0.1, 0.15) is 5.58 Å². The van der Waals surface area contributed by atoms with Gasteiger partial charge in [-0.05, 0) is 28.8 Å². The lowest BCUT2D eigenvalue weighted by atomic mass is 9.98. The van der Waals surface area contributed by atoms with Gasteiger partial charge in [-0.3, -0.25) is 4.98 Å². The Labute approximate surface area is 155 Å². The third-order valence-electron chi connectivity index (χ3n) is 5.03. The number of carbonyl (C=O) groups is 1. The van der Waals surface area contributed by atoms with Gasteiger partial charge >= 0.3 is 5.97 Å². The summed E-state index contributed by atoms with van der Waals surface area (Å²) < 4.78 is 5.95. The summed E-state index contributed by atoms with van der Waals surface area (Å²) in [6.45, 7) is 0. The van der Waals surface area contributed by atoms with Crippen LogP contribution in [0.15, 0.2) is 71.5 Å². The van der Waals surface area contributed by atoms with Crippen LogP contribution in [0.1, 0.15) is 27.2 Å². The van der Waals surface area contributed by atoms with Gasteiger partial charge < -0.3 is 9.52 Å². The number of carboxylic acid groups (broad SMARTS) is 1. The lowest BCUT2D eigenvalue weighted by Gasteiger charge is -2.04. The molecule has 2 heterocycles. The SMILES string of the molecule is O=C(O)c1ccnc2c1CC(c1coc3c(-c4ccccc4)cccc13)=C2. The number of furan rings is 1. The molecule has 2 aromatic carbocycles. The molecular formula is C23H15NO3. The van der Waals surface area contributed by atoms with E-state index in [-0.39, 0.29) is 0 Å². The van der Waals surface area contributed by atoms with Crippen molar-refractivity contribution >= 4 is 28.6 Å². The van der Waals surface area contributed by atoms with E-state index in [4.69, 9.17) is 4.42 Å². The van der Waals surface area contributed by atoms with Crippen LogP contribution in [0.2, 0.25) is 0 Å². The van der Waals surface area contributed by atoms with Crippen molar-refractivity contribution in [3.8, 4) is 11.1 Å². The van der Waals surface area contributed by atoms with Gasteiger partial charge in [-0.2, -0.15) is 0 Å². The molecule has 1 N–H and O–H groups in total. The van der Waals surface area contributed by atoms with Gasteiger partial charge in [0.15, 0.2) is 0 Å². The number of hydrogen-bond acceptors (Lipinski definition) is 3. The van der Waals surface area contributed by atoms with E-state index in [0.29, 0.717) is 12.0 Å². The van der Waals surface area contributed by atoms with Gasteiger partial charge in [0.2, 0.25) is 0 Å². The second kappa shape index (κ2) is 5.95. The molecule has 0 amide bonds. The number of fused-ring (bicyclic) bond motifs is 2. The molecule has 0 radical (unpaired) electrons. The second-order valence-corrected chi connectivity index (χ2v) is 6.57. The molecule has 4 heteroatoms. The maximum atomic E-state index is 11.5. The number of benzene rings is 2. The number of hydrogen-bond donors (Lipinski definition) is 1. The van der Waals surface area contributed by atoms with Crippen LogP contribution in [0.3, 0.4) is 0 Å². The van der Waals surface area contributed by atoms with Crippen LogP contribution in [0.25, 0.3) is 33.7 Å². The predicted molar refractivity (Wildman–Crippen MR) is 104 cm³/mol. The van der Waals surface area contributed by atoms with Gasteiger partial charge in [0.05, 0.1) is 17.5 Å². The quantitative estimate of drug-likeness (QED) is 0.543. The first-order chi connectivity index (χ1) is 13.2. The number of rotatable bonds is 3. The fourth-order valence-corrected chi connectivity index (χ4v) is 3.75. The molecule has 4 nitrogen and oxygen atoms in total. The van der Waals surface area contributed by atoms with Crippen molar-refractivity contribution in [1.82, 2.24) is 4.98 Å². The van der Waals surface area contributed by atoms with Gasteiger partial charge in [-0.1, -0.05) is 48.5 Å². The molecule has 0 spiro atoms. The minimum Gasteiger partial charge on any atom is -0.478 e. The second-order valence-electron chi connectivity index (χ2n) is 6.57. The standard InChI is InChI=1S/C23H15NO3/c25-23(26)18-9-10-24-21-12-15(11-19(18)21)20-13-27-22-16(7-4-8-17(20)22)14-5-2-1-3-6-14/h1-10,12-13H,11H2,(H,25,26). The molecule has 0 saturated heterocycles. The van der Waals surface area contributed by atoms with Crippen molar-refractivity contribution in [1.29, 1.82) is 0 Å². The third-order valence-corrected chi connectivity index (χ3v) is 5.03. The van der Waals surface area contributed by atoms with E-state index in [1.807, 2.05) is 42.5 Å². The number of carboxylic acids is 1. The molecule has 130 valence electrons. The Bertz CT molecular complexity index is 1220. The summed E-state index contributed by atoms with van der Waals surface area (Å²) in [5.41, 5.74) is 6.77. The Morgan fingerprint density at radius 1 is 1.00 bits per heavy atom. The van der Waals surface area contributed by atoms with Gasteiger partial charge in [0, 0.05) is 29.1 Å². The van der Waals surface area contributed by atoms with Crippen molar-refractivity contribution in [3.63, 3.8) is 0 Å². The van der Waals surface area contributed by atoms with E-state index in [1.54, 1.807) is 18.5 Å². The van der Waals surface area contributed by atoms with E-state index < -0.39 is 5.97 Å². The van der Waals surface area contributed by atoms with Crippen LogP contribution < -0.4 is 0 Å². The number of aromatic carboxylic acids is 1. The summed E-state index contributed by atoms with van der Waals surface area (Å²) in [5, 5.41) is 10.5. The highest BCUT2D eigenvalue weighted by Gasteiger charge is 2.24. The number of allylic oxidation sites excluding steroid dienone is 1. The molecule has 0 bridgehead atoms. The van der Waals surface area contributed by atoms with Gasteiger partial charge in [-0.15, -0.1) is 0 Å². The maximum Gasteiger partial charge on any atom is 0.336 e. The molecule has 0 fully saturated rings. The van der Waals surface area contributed by atoms with Crippen molar-refractivity contribution < 1.29 is 14.3 Å². The predicted octanol–water partition coefficient (Wildman–Crippen LogP) is 5.29. The lowest BCUT2D eigenvalue weighted by molar-refractivity contribution is 0.0695. The van der Waals surface area contributed by atoms with E-state index in [2.05, 4.69) is 17.1 Å². The molecule has 0 unspecified atom stereocenters. The van der Waals surface area contributed by atoms with Crippen LogP contribution in [0.5, 0.6) is 0 Å². The fourth-order valence-electron chi connectivity index (χ4n) is 3.75. The number of para-hydroxylation sites is 1. The molecule has 0 saturated carbocycles. The van der Waals surface area contributed by atoms with Crippen LogP contribution >= 0.6 is 0 Å². The Morgan fingerprint density at radius 3 is 2.67 bits per heavy atom. The molecule has 4 aromatic rings. The van der Waals surface area contributed by atoms with Crippen LogP contribution in [-0.2, 0) is 6.42 Å².